The Morgan fingerprint density at radius 1 is 1.20 bits per heavy atom. The van der Waals surface area contributed by atoms with Gasteiger partial charge in [0.05, 0.1) is 13.2 Å². The van der Waals surface area contributed by atoms with Crippen molar-refractivity contribution in [2.24, 2.45) is 0 Å². The number of rotatable bonds is 8. The van der Waals surface area contributed by atoms with Crippen LogP contribution in [0.25, 0.3) is 0 Å². The fourth-order valence-electron chi connectivity index (χ4n) is 4.42. The molecule has 1 aromatic rings. The van der Waals surface area contributed by atoms with Gasteiger partial charge >= 0.3 is 0 Å². The highest BCUT2D eigenvalue weighted by Crippen LogP contribution is 2.26. The average molecular weight is 436 g/mol. The third-order valence-electron chi connectivity index (χ3n) is 6.19. The van der Waals surface area contributed by atoms with Crippen molar-refractivity contribution < 1.29 is 14.3 Å². The lowest BCUT2D eigenvalue weighted by Crippen LogP contribution is -2.50. The van der Waals surface area contributed by atoms with E-state index >= 15 is 0 Å². The molecular formula is C23H34ClN3O3. The Morgan fingerprint density at radius 3 is 2.57 bits per heavy atom. The Kier molecular flexibility index (Phi) is 8.97. The van der Waals surface area contributed by atoms with E-state index in [9.17, 15) is 9.59 Å². The first-order valence-electron chi connectivity index (χ1n) is 11.1. The number of hydrogen-bond donors (Lipinski definition) is 1. The molecular weight excluding hydrogens is 402 g/mol. The molecule has 1 aliphatic heterocycles. The summed E-state index contributed by atoms with van der Waals surface area (Å²) in [5.41, 5.74) is 1.87. The molecule has 1 aromatic carbocycles. The maximum absolute atomic E-state index is 13.5. The lowest BCUT2D eigenvalue weighted by atomic mass is 9.94. The number of nitrogens with zero attached hydrogens (tertiary/aromatic N) is 2. The zero-order valence-electron chi connectivity index (χ0n) is 17.9. The molecule has 1 aliphatic carbocycles. The van der Waals surface area contributed by atoms with Gasteiger partial charge in [0, 0.05) is 32.2 Å². The van der Waals surface area contributed by atoms with E-state index in [1.807, 2.05) is 31.2 Å². The Morgan fingerprint density at radius 2 is 1.90 bits per heavy atom. The van der Waals surface area contributed by atoms with Gasteiger partial charge in [-0.1, -0.05) is 43.5 Å². The van der Waals surface area contributed by atoms with E-state index in [0.717, 1.165) is 49.9 Å². The Hall–Kier alpha value is -1.63. The minimum absolute atomic E-state index is 0.100. The number of alkyl halides is 1. The van der Waals surface area contributed by atoms with Crippen LogP contribution in [0.15, 0.2) is 24.3 Å². The Bertz CT molecular complexity index is 703. The summed E-state index contributed by atoms with van der Waals surface area (Å²) in [6.07, 6.45) is 5.51. The summed E-state index contributed by atoms with van der Waals surface area (Å²) in [5, 5.41) is 3.23. The van der Waals surface area contributed by atoms with Crippen LogP contribution in [0.3, 0.4) is 0 Å². The second kappa shape index (κ2) is 11.7. The van der Waals surface area contributed by atoms with Crippen molar-refractivity contribution in [3.8, 4) is 0 Å². The molecule has 2 fully saturated rings. The number of nitrogens with one attached hydrogen (secondary N) is 1. The van der Waals surface area contributed by atoms with Gasteiger partial charge in [-0.05, 0) is 30.9 Å². The molecule has 3 rings (SSSR count). The first-order valence-corrected chi connectivity index (χ1v) is 11.6. The molecule has 0 spiro atoms. The van der Waals surface area contributed by atoms with Crippen LogP contribution < -0.4 is 5.32 Å². The standard InChI is InChI=1S/C23H34ClN3O3/c1-18-7-5-6-10-20(18)22(23(29)25-19-8-3-2-4-9-19)27(21(28)17-24)12-11-26-13-15-30-16-14-26/h5-7,10,19,22H,2-4,8-9,11-17H2,1H3,(H,25,29)/t22-/m0/s1. The second-order valence-corrected chi connectivity index (χ2v) is 8.54. The molecule has 1 N–H and O–H groups in total. The van der Waals surface area contributed by atoms with Crippen molar-refractivity contribution >= 4 is 23.4 Å². The maximum Gasteiger partial charge on any atom is 0.247 e. The zero-order chi connectivity index (χ0) is 21.3. The molecule has 1 atom stereocenters. The predicted octanol–water partition coefficient (Wildman–Crippen LogP) is 2.88. The molecule has 6 nitrogen and oxygen atoms in total. The van der Waals surface area contributed by atoms with E-state index in [-0.39, 0.29) is 23.7 Å². The summed E-state index contributed by atoms with van der Waals surface area (Å²) >= 11 is 5.98. The van der Waals surface area contributed by atoms with Crippen molar-refractivity contribution in [1.82, 2.24) is 15.1 Å². The summed E-state index contributed by atoms with van der Waals surface area (Å²) in [6, 6.07) is 7.33. The lowest BCUT2D eigenvalue weighted by Gasteiger charge is -2.35. The molecule has 1 saturated carbocycles. The highest BCUT2D eigenvalue weighted by Gasteiger charge is 2.33. The molecule has 7 heteroatoms. The van der Waals surface area contributed by atoms with Gasteiger partial charge in [-0.2, -0.15) is 0 Å². The van der Waals surface area contributed by atoms with Gasteiger partial charge in [0.1, 0.15) is 11.9 Å². The van der Waals surface area contributed by atoms with Gasteiger partial charge in [0.25, 0.3) is 0 Å². The van der Waals surface area contributed by atoms with Gasteiger partial charge in [0.15, 0.2) is 0 Å². The summed E-state index contributed by atoms with van der Waals surface area (Å²) in [7, 11) is 0. The third kappa shape index (κ3) is 6.19. The van der Waals surface area contributed by atoms with Crippen LogP contribution in [0.1, 0.15) is 49.3 Å². The summed E-state index contributed by atoms with van der Waals surface area (Å²) in [6.45, 7) is 6.23. The van der Waals surface area contributed by atoms with Crippen LogP contribution in [0.2, 0.25) is 0 Å². The van der Waals surface area contributed by atoms with Gasteiger partial charge in [0.2, 0.25) is 11.8 Å². The van der Waals surface area contributed by atoms with E-state index in [2.05, 4.69) is 10.2 Å². The predicted molar refractivity (Wildman–Crippen MR) is 119 cm³/mol. The van der Waals surface area contributed by atoms with Crippen LogP contribution in [0, 0.1) is 6.92 Å². The molecule has 0 aromatic heterocycles. The highest BCUT2D eigenvalue weighted by molar-refractivity contribution is 6.27. The average Bonchev–Trinajstić information content (AvgIpc) is 2.78. The molecule has 0 bridgehead atoms. The Balaban J connectivity index is 1.82. The molecule has 166 valence electrons. The fraction of sp³-hybridized carbons (Fsp3) is 0.652. The molecule has 30 heavy (non-hydrogen) atoms. The number of hydrogen-bond acceptors (Lipinski definition) is 4. The molecule has 0 unspecified atom stereocenters. The number of morpholine rings is 1. The topological polar surface area (TPSA) is 61.9 Å². The van der Waals surface area contributed by atoms with Crippen LogP contribution >= 0.6 is 11.6 Å². The minimum atomic E-state index is -0.666. The number of benzene rings is 1. The first kappa shape index (κ1) is 23.0. The summed E-state index contributed by atoms with van der Waals surface area (Å²) < 4.78 is 5.42. The van der Waals surface area contributed by atoms with Crippen molar-refractivity contribution in [1.29, 1.82) is 0 Å². The largest absolute Gasteiger partial charge is 0.379 e. The summed E-state index contributed by atoms with van der Waals surface area (Å²) in [4.78, 5) is 30.3. The second-order valence-electron chi connectivity index (χ2n) is 8.28. The zero-order valence-corrected chi connectivity index (χ0v) is 18.7. The first-order chi connectivity index (χ1) is 14.6. The monoisotopic (exact) mass is 435 g/mol. The van der Waals surface area contributed by atoms with Gasteiger partial charge in [-0.25, -0.2) is 0 Å². The molecule has 2 amide bonds. The van der Waals surface area contributed by atoms with Gasteiger partial charge in [-0.3, -0.25) is 14.5 Å². The van der Waals surface area contributed by atoms with Crippen LogP contribution in [-0.2, 0) is 14.3 Å². The van der Waals surface area contributed by atoms with E-state index in [1.165, 1.54) is 6.42 Å². The van der Waals surface area contributed by atoms with Gasteiger partial charge in [-0.15, -0.1) is 11.6 Å². The number of halogens is 1. The minimum Gasteiger partial charge on any atom is -0.379 e. The normalized spacial score (nSPS) is 19.3. The molecule has 2 aliphatic rings. The van der Waals surface area contributed by atoms with E-state index in [4.69, 9.17) is 16.3 Å². The van der Waals surface area contributed by atoms with Crippen LogP contribution in [0.5, 0.6) is 0 Å². The molecule has 1 heterocycles. The number of amides is 2. The highest BCUT2D eigenvalue weighted by atomic mass is 35.5. The van der Waals surface area contributed by atoms with E-state index < -0.39 is 6.04 Å². The van der Waals surface area contributed by atoms with Crippen molar-refractivity contribution in [2.45, 2.75) is 51.1 Å². The number of carbonyl (C=O) groups is 2. The van der Waals surface area contributed by atoms with Crippen molar-refractivity contribution in [2.75, 3.05) is 45.3 Å². The Labute approximate surface area is 184 Å². The third-order valence-corrected chi connectivity index (χ3v) is 6.42. The smallest absolute Gasteiger partial charge is 0.247 e. The van der Waals surface area contributed by atoms with Gasteiger partial charge < -0.3 is 15.0 Å². The van der Waals surface area contributed by atoms with Crippen molar-refractivity contribution in [3.05, 3.63) is 35.4 Å². The molecule has 0 radical (unpaired) electrons. The number of aryl methyl sites for hydroxylation is 1. The number of ether oxygens (including phenoxy) is 1. The maximum atomic E-state index is 13.5. The van der Waals surface area contributed by atoms with Crippen molar-refractivity contribution in [3.63, 3.8) is 0 Å². The van der Waals surface area contributed by atoms with Crippen LogP contribution in [0.4, 0.5) is 0 Å². The molecule has 1 saturated heterocycles. The quantitative estimate of drug-likeness (QED) is 0.638. The number of carbonyl (C=O) groups excluding carboxylic acids is 2. The van der Waals surface area contributed by atoms with E-state index in [1.54, 1.807) is 4.90 Å². The lowest BCUT2D eigenvalue weighted by molar-refractivity contribution is -0.140. The summed E-state index contributed by atoms with van der Waals surface area (Å²) in [5.74, 6) is -0.448. The SMILES string of the molecule is Cc1ccccc1[C@@H](C(=O)NC1CCCCC1)N(CCN1CCOCC1)C(=O)CCl. The fourth-order valence-corrected chi connectivity index (χ4v) is 4.57. The van der Waals surface area contributed by atoms with E-state index in [0.29, 0.717) is 26.3 Å². The van der Waals surface area contributed by atoms with Crippen LogP contribution in [-0.4, -0.2) is 72.9 Å².